The Bertz CT molecular complexity index is 617. The zero-order valence-corrected chi connectivity index (χ0v) is 14.6. The highest BCUT2D eigenvalue weighted by atomic mass is 79.9. The van der Waals surface area contributed by atoms with Crippen LogP contribution in [0.4, 0.5) is 0 Å². The van der Waals surface area contributed by atoms with Gasteiger partial charge in [0.25, 0.3) is 0 Å². The zero-order valence-electron chi connectivity index (χ0n) is 13.0. The van der Waals surface area contributed by atoms with E-state index in [1.165, 1.54) is 11.1 Å². The fourth-order valence-corrected chi connectivity index (χ4v) is 2.42. The standard InChI is InChI=1S/C18H22BrNO/c1-13-6-5-7-15(10-13)21-17-9-8-14(11-16(17)19)12-20-18(2,3)4/h5-11,20H,12H2,1-4H3. The van der Waals surface area contributed by atoms with Gasteiger partial charge in [0.05, 0.1) is 4.47 Å². The Morgan fingerprint density at radius 1 is 1.10 bits per heavy atom. The van der Waals surface area contributed by atoms with Crippen molar-refractivity contribution in [2.75, 3.05) is 0 Å². The number of benzene rings is 2. The molecule has 0 spiro atoms. The van der Waals surface area contributed by atoms with Gasteiger partial charge in [0, 0.05) is 12.1 Å². The third kappa shape index (κ3) is 5.18. The largest absolute Gasteiger partial charge is 0.456 e. The second-order valence-corrected chi connectivity index (χ2v) is 7.14. The SMILES string of the molecule is Cc1cccc(Oc2ccc(CNC(C)(C)C)cc2Br)c1. The summed E-state index contributed by atoms with van der Waals surface area (Å²) in [5.41, 5.74) is 2.53. The molecule has 0 aliphatic carbocycles. The molecule has 2 rings (SSSR count). The van der Waals surface area contributed by atoms with Gasteiger partial charge in [-0.25, -0.2) is 0 Å². The van der Waals surface area contributed by atoms with E-state index in [1.54, 1.807) is 0 Å². The van der Waals surface area contributed by atoms with E-state index in [9.17, 15) is 0 Å². The van der Waals surface area contributed by atoms with Crippen LogP contribution in [0, 0.1) is 6.92 Å². The van der Waals surface area contributed by atoms with Crippen LogP contribution in [-0.4, -0.2) is 5.54 Å². The Labute approximate surface area is 135 Å². The fraction of sp³-hybridized carbons (Fsp3) is 0.333. The first-order chi connectivity index (χ1) is 9.83. The Balaban J connectivity index is 2.09. The molecule has 2 aromatic rings. The van der Waals surface area contributed by atoms with Crippen LogP contribution in [0.5, 0.6) is 11.5 Å². The smallest absolute Gasteiger partial charge is 0.141 e. The van der Waals surface area contributed by atoms with E-state index in [4.69, 9.17) is 4.74 Å². The summed E-state index contributed by atoms with van der Waals surface area (Å²) < 4.78 is 6.89. The highest BCUT2D eigenvalue weighted by Crippen LogP contribution is 2.30. The molecule has 2 aromatic carbocycles. The second-order valence-electron chi connectivity index (χ2n) is 6.29. The van der Waals surface area contributed by atoms with E-state index < -0.39 is 0 Å². The van der Waals surface area contributed by atoms with Gasteiger partial charge in [-0.05, 0) is 79.0 Å². The van der Waals surface area contributed by atoms with Gasteiger partial charge in [0.15, 0.2) is 0 Å². The van der Waals surface area contributed by atoms with Crippen molar-refractivity contribution in [2.45, 2.75) is 39.8 Å². The van der Waals surface area contributed by atoms with E-state index in [-0.39, 0.29) is 5.54 Å². The summed E-state index contributed by atoms with van der Waals surface area (Å²) in [4.78, 5) is 0. The molecule has 112 valence electrons. The molecule has 0 aromatic heterocycles. The fourth-order valence-electron chi connectivity index (χ4n) is 1.91. The average molecular weight is 348 g/mol. The lowest BCUT2D eigenvalue weighted by molar-refractivity contribution is 0.424. The Morgan fingerprint density at radius 2 is 1.86 bits per heavy atom. The van der Waals surface area contributed by atoms with Crippen LogP contribution in [0.1, 0.15) is 31.9 Å². The monoisotopic (exact) mass is 347 g/mol. The van der Waals surface area contributed by atoms with Crippen molar-refractivity contribution in [1.82, 2.24) is 5.32 Å². The van der Waals surface area contributed by atoms with Crippen LogP contribution in [0.3, 0.4) is 0 Å². The number of hydrogen-bond donors (Lipinski definition) is 1. The number of halogens is 1. The molecule has 0 saturated carbocycles. The van der Waals surface area contributed by atoms with E-state index in [0.717, 1.165) is 22.5 Å². The quantitative estimate of drug-likeness (QED) is 0.795. The van der Waals surface area contributed by atoms with Crippen LogP contribution in [0.25, 0.3) is 0 Å². The van der Waals surface area contributed by atoms with E-state index >= 15 is 0 Å². The lowest BCUT2D eigenvalue weighted by Crippen LogP contribution is -2.35. The minimum absolute atomic E-state index is 0.114. The number of nitrogens with one attached hydrogen (secondary N) is 1. The maximum Gasteiger partial charge on any atom is 0.141 e. The second kappa shape index (κ2) is 6.63. The molecule has 2 nitrogen and oxygen atoms in total. The molecule has 0 saturated heterocycles. The molecular weight excluding hydrogens is 326 g/mol. The van der Waals surface area contributed by atoms with Gasteiger partial charge >= 0.3 is 0 Å². The first kappa shape index (κ1) is 16.1. The first-order valence-electron chi connectivity index (χ1n) is 7.11. The number of hydrogen-bond acceptors (Lipinski definition) is 2. The van der Waals surface area contributed by atoms with Crippen LogP contribution < -0.4 is 10.1 Å². The van der Waals surface area contributed by atoms with E-state index in [2.05, 4.69) is 67.1 Å². The van der Waals surface area contributed by atoms with Crippen LogP contribution >= 0.6 is 15.9 Å². The van der Waals surface area contributed by atoms with Crippen molar-refractivity contribution in [3.63, 3.8) is 0 Å². The summed E-state index contributed by atoms with van der Waals surface area (Å²) in [5.74, 6) is 1.69. The third-order valence-electron chi connectivity index (χ3n) is 3.04. The molecule has 3 heteroatoms. The maximum atomic E-state index is 5.92. The minimum Gasteiger partial charge on any atom is -0.456 e. The highest BCUT2D eigenvalue weighted by molar-refractivity contribution is 9.10. The summed E-state index contributed by atoms with van der Waals surface area (Å²) in [5, 5.41) is 3.48. The Hall–Kier alpha value is -1.32. The molecule has 0 radical (unpaired) electrons. The van der Waals surface area contributed by atoms with Crippen molar-refractivity contribution >= 4 is 15.9 Å². The molecule has 0 unspecified atom stereocenters. The van der Waals surface area contributed by atoms with Gasteiger partial charge in [-0.15, -0.1) is 0 Å². The predicted molar refractivity (Wildman–Crippen MR) is 92.0 cm³/mol. The lowest BCUT2D eigenvalue weighted by Gasteiger charge is -2.20. The van der Waals surface area contributed by atoms with Crippen molar-refractivity contribution < 1.29 is 4.74 Å². The normalized spacial score (nSPS) is 11.5. The summed E-state index contributed by atoms with van der Waals surface area (Å²) in [6, 6.07) is 14.3. The van der Waals surface area contributed by atoms with Gasteiger partial charge in [-0.1, -0.05) is 18.2 Å². The molecule has 0 atom stereocenters. The molecule has 0 heterocycles. The molecule has 0 aliphatic heterocycles. The lowest BCUT2D eigenvalue weighted by atomic mass is 10.1. The van der Waals surface area contributed by atoms with Crippen molar-refractivity contribution in [3.8, 4) is 11.5 Å². The molecule has 0 bridgehead atoms. The number of rotatable bonds is 4. The Morgan fingerprint density at radius 3 is 2.48 bits per heavy atom. The first-order valence-corrected chi connectivity index (χ1v) is 7.91. The van der Waals surface area contributed by atoms with E-state index in [1.807, 2.05) is 24.3 Å². The topological polar surface area (TPSA) is 21.3 Å². The zero-order chi connectivity index (χ0) is 15.5. The minimum atomic E-state index is 0.114. The summed E-state index contributed by atoms with van der Waals surface area (Å²) in [7, 11) is 0. The van der Waals surface area contributed by atoms with Gasteiger partial charge in [0.1, 0.15) is 11.5 Å². The highest BCUT2D eigenvalue weighted by Gasteiger charge is 2.10. The summed E-state index contributed by atoms with van der Waals surface area (Å²) in [6.07, 6.45) is 0. The third-order valence-corrected chi connectivity index (χ3v) is 3.66. The van der Waals surface area contributed by atoms with Gasteiger partial charge in [0.2, 0.25) is 0 Å². The Kier molecular flexibility index (Phi) is 5.07. The van der Waals surface area contributed by atoms with Gasteiger partial charge < -0.3 is 10.1 Å². The van der Waals surface area contributed by atoms with Crippen molar-refractivity contribution in [2.24, 2.45) is 0 Å². The average Bonchev–Trinajstić information content (AvgIpc) is 2.38. The van der Waals surface area contributed by atoms with Crippen LogP contribution in [0.15, 0.2) is 46.9 Å². The van der Waals surface area contributed by atoms with Gasteiger partial charge in [-0.2, -0.15) is 0 Å². The molecular formula is C18H22BrNO. The van der Waals surface area contributed by atoms with E-state index in [0.29, 0.717) is 0 Å². The van der Waals surface area contributed by atoms with Crippen molar-refractivity contribution in [1.29, 1.82) is 0 Å². The van der Waals surface area contributed by atoms with Crippen LogP contribution in [-0.2, 0) is 6.54 Å². The summed E-state index contributed by atoms with van der Waals surface area (Å²) in [6.45, 7) is 9.39. The van der Waals surface area contributed by atoms with Gasteiger partial charge in [-0.3, -0.25) is 0 Å². The number of ether oxygens (including phenoxy) is 1. The van der Waals surface area contributed by atoms with Crippen molar-refractivity contribution in [3.05, 3.63) is 58.1 Å². The molecule has 1 N–H and O–H groups in total. The number of aryl methyl sites for hydroxylation is 1. The molecule has 0 amide bonds. The molecule has 21 heavy (non-hydrogen) atoms. The molecule has 0 aliphatic rings. The summed E-state index contributed by atoms with van der Waals surface area (Å²) >= 11 is 3.59. The predicted octanol–water partition coefficient (Wildman–Crippen LogP) is 5.44. The maximum absolute atomic E-state index is 5.92. The van der Waals surface area contributed by atoms with Crippen LogP contribution in [0.2, 0.25) is 0 Å². The molecule has 0 fully saturated rings.